The Morgan fingerprint density at radius 2 is 2.06 bits per heavy atom. The molecule has 1 fully saturated rings. The van der Waals surface area contributed by atoms with E-state index in [1.165, 1.54) is 25.7 Å². The van der Waals surface area contributed by atoms with Gasteiger partial charge < -0.3 is 10.2 Å². The van der Waals surface area contributed by atoms with E-state index in [1.807, 2.05) is 0 Å². The zero-order valence-corrected chi connectivity index (χ0v) is 12.4. The molecule has 3 heteroatoms. The molecule has 1 rings (SSSR count). The second-order valence-electron chi connectivity index (χ2n) is 5.53. The van der Waals surface area contributed by atoms with Gasteiger partial charge in [-0.25, -0.2) is 0 Å². The molecule has 0 aliphatic carbocycles. The molecule has 2 unspecified atom stereocenters. The fourth-order valence-electron chi connectivity index (χ4n) is 2.67. The topological polar surface area (TPSA) is 32.3 Å². The standard InChI is InChI=1S/C15H30N2O/c1-4-6-7-8-9-13(3)17-12-10-14(15(17)18)16-11-5-2/h13-14,16H,4-12H2,1-3H3. The first-order chi connectivity index (χ1) is 8.70. The smallest absolute Gasteiger partial charge is 0.240 e. The van der Waals surface area contributed by atoms with Gasteiger partial charge in [0, 0.05) is 12.6 Å². The van der Waals surface area contributed by atoms with Crippen molar-refractivity contribution in [3.63, 3.8) is 0 Å². The maximum Gasteiger partial charge on any atom is 0.240 e. The molecular weight excluding hydrogens is 224 g/mol. The number of amides is 1. The van der Waals surface area contributed by atoms with E-state index in [2.05, 4.69) is 31.0 Å². The Labute approximate surface area is 112 Å². The SMILES string of the molecule is CCCCCCC(C)N1CCC(NCCC)C1=O. The van der Waals surface area contributed by atoms with Crippen LogP contribution in [0, 0.1) is 0 Å². The molecule has 3 nitrogen and oxygen atoms in total. The number of unbranched alkanes of at least 4 members (excludes halogenated alkanes) is 3. The van der Waals surface area contributed by atoms with E-state index in [0.29, 0.717) is 11.9 Å². The van der Waals surface area contributed by atoms with E-state index >= 15 is 0 Å². The van der Waals surface area contributed by atoms with Crippen LogP contribution in [0.2, 0.25) is 0 Å². The lowest BCUT2D eigenvalue weighted by Crippen LogP contribution is -2.42. The lowest BCUT2D eigenvalue weighted by Gasteiger charge is -2.25. The molecule has 0 spiro atoms. The fraction of sp³-hybridized carbons (Fsp3) is 0.933. The van der Waals surface area contributed by atoms with Crippen molar-refractivity contribution < 1.29 is 4.79 Å². The number of nitrogens with one attached hydrogen (secondary N) is 1. The van der Waals surface area contributed by atoms with Gasteiger partial charge in [0.15, 0.2) is 0 Å². The minimum Gasteiger partial charge on any atom is -0.339 e. The van der Waals surface area contributed by atoms with Crippen LogP contribution in [0.4, 0.5) is 0 Å². The molecular formula is C15H30N2O. The number of carbonyl (C=O) groups is 1. The number of hydrogen-bond donors (Lipinski definition) is 1. The summed E-state index contributed by atoms with van der Waals surface area (Å²) in [6, 6.07) is 0.505. The first-order valence-electron chi connectivity index (χ1n) is 7.74. The molecule has 1 saturated heterocycles. The van der Waals surface area contributed by atoms with E-state index in [-0.39, 0.29) is 6.04 Å². The highest BCUT2D eigenvalue weighted by molar-refractivity contribution is 5.84. The molecule has 0 aromatic heterocycles. The van der Waals surface area contributed by atoms with Crippen LogP contribution in [0.1, 0.15) is 65.7 Å². The normalized spacial score (nSPS) is 21.6. The van der Waals surface area contributed by atoms with Crippen LogP contribution < -0.4 is 5.32 Å². The van der Waals surface area contributed by atoms with Crippen LogP contribution in [-0.4, -0.2) is 36.0 Å². The quantitative estimate of drug-likeness (QED) is 0.642. The minimum atomic E-state index is 0.0861. The number of likely N-dealkylation sites (tertiary alicyclic amines) is 1. The second kappa shape index (κ2) is 8.52. The monoisotopic (exact) mass is 254 g/mol. The van der Waals surface area contributed by atoms with Crippen LogP contribution in [0.5, 0.6) is 0 Å². The van der Waals surface area contributed by atoms with Gasteiger partial charge >= 0.3 is 0 Å². The Hall–Kier alpha value is -0.570. The van der Waals surface area contributed by atoms with E-state index in [9.17, 15) is 4.79 Å². The molecule has 0 aromatic carbocycles. The summed E-state index contributed by atoms with van der Waals surface area (Å²) in [5, 5.41) is 3.35. The van der Waals surface area contributed by atoms with Gasteiger partial charge in [0.25, 0.3) is 0 Å². The molecule has 1 aliphatic rings. The Morgan fingerprint density at radius 3 is 2.72 bits per heavy atom. The van der Waals surface area contributed by atoms with Crippen molar-refractivity contribution in [3.05, 3.63) is 0 Å². The van der Waals surface area contributed by atoms with Crippen molar-refractivity contribution in [1.29, 1.82) is 0 Å². The molecule has 0 radical (unpaired) electrons. The number of rotatable bonds is 9. The lowest BCUT2D eigenvalue weighted by molar-refractivity contribution is -0.131. The summed E-state index contributed by atoms with van der Waals surface area (Å²) >= 11 is 0. The van der Waals surface area contributed by atoms with Crippen molar-refractivity contribution in [2.75, 3.05) is 13.1 Å². The van der Waals surface area contributed by atoms with E-state index in [4.69, 9.17) is 0 Å². The van der Waals surface area contributed by atoms with E-state index in [0.717, 1.165) is 32.4 Å². The zero-order valence-electron chi connectivity index (χ0n) is 12.4. The average molecular weight is 254 g/mol. The van der Waals surface area contributed by atoms with Crippen molar-refractivity contribution in [3.8, 4) is 0 Å². The van der Waals surface area contributed by atoms with Crippen molar-refractivity contribution in [2.45, 2.75) is 77.8 Å². The molecule has 2 atom stereocenters. The predicted molar refractivity (Wildman–Crippen MR) is 76.6 cm³/mol. The third-order valence-electron chi connectivity index (χ3n) is 3.89. The zero-order chi connectivity index (χ0) is 13.4. The Bertz CT molecular complexity index is 243. The molecule has 18 heavy (non-hydrogen) atoms. The Morgan fingerprint density at radius 1 is 1.28 bits per heavy atom. The highest BCUT2D eigenvalue weighted by Crippen LogP contribution is 2.18. The molecule has 1 N–H and O–H groups in total. The summed E-state index contributed by atoms with van der Waals surface area (Å²) in [6.07, 6.45) is 8.40. The van der Waals surface area contributed by atoms with Gasteiger partial charge in [0.2, 0.25) is 5.91 Å². The molecule has 1 aliphatic heterocycles. The summed E-state index contributed by atoms with van der Waals surface area (Å²) < 4.78 is 0. The number of hydrogen-bond acceptors (Lipinski definition) is 2. The second-order valence-corrected chi connectivity index (χ2v) is 5.53. The molecule has 0 saturated carbocycles. The molecule has 0 bridgehead atoms. The van der Waals surface area contributed by atoms with Crippen molar-refractivity contribution >= 4 is 5.91 Å². The summed E-state index contributed by atoms with van der Waals surface area (Å²) in [7, 11) is 0. The van der Waals surface area contributed by atoms with Crippen LogP contribution in [0.25, 0.3) is 0 Å². The van der Waals surface area contributed by atoms with Crippen molar-refractivity contribution in [1.82, 2.24) is 10.2 Å². The van der Waals surface area contributed by atoms with Gasteiger partial charge in [-0.2, -0.15) is 0 Å². The predicted octanol–water partition coefficient (Wildman–Crippen LogP) is 2.95. The van der Waals surface area contributed by atoms with E-state index < -0.39 is 0 Å². The summed E-state index contributed by atoms with van der Waals surface area (Å²) in [5.74, 6) is 0.325. The Balaban J connectivity index is 2.27. The fourth-order valence-corrected chi connectivity index (χ4v) is 2.67. The maximum absolute atomic E-state index is 12.2. The maximum atomic E-state index is 12.2. The highest BCUT2D eigenvalue weighted by atomic mass is 16.2. The molecule has 1 heterocycles. The number of nitrogens with zero attached hydrogens (tertiary/aromatic N) is 1. The average Bonchev–Trinajstić information content (AvgIpc) is 2.73. The third kappa shape index (κ3) is 4.60. The van der Waals surface area contributed by atoms with Crippen LogP contribution >= 0.6 is 0 Å². The molecule has 106 valence electrons. The molecule has 0 aromatic rings. The third-order valence-corrected chi connectivity index (χ3v) is 3.89. The Kier molecular flexibility index (Phi) is 7.33. The highest BCUT2D eigenvalue weighted by Gasteiger charge is 2.33. The van der Waals surface area contributed by atoms with Gasteiger partial charge in [0.1, 0.15) is 0 Å². The van der Waals surface area contributed by atoms with Crippen LogP contribution in [0.15, 0.2) is 0 Å². The largest absolute Gasteiger partial charge is 0.339 e. The first kappa shape index (κ1) is 15.5. The van der Waals surface area contributed by atoms with Gasteiger partial charge in [-0.3, -0.25) is 4.79 Å². The van der Waals surface area contributed by atoms with Crippen LogP contribution in [0.3, 0.4) is 0 Å². The van der Waals surface area contributed by atoms with Gasteiger partial charge in [-0.05, 0) is 32.7 Å². The minimum absolute atomic E-state index is 0.0861. The van der Waals surface area contributed by atoms with Gasteiger partial charge in [-0.15, -0.1) is 0 Å². The number of carbonyl (C=O) groups excluding carboxylic acids is 1. The first-order valence-corrected chi connectivity index (χ1v) is 7.74. The van der Waals surface area contributed by atoms with Crippen molar-refractivity contribution in [2.24, 2.45) is 0 Å². The molecule has 1 amide bonds. The summed E-state index contributed by atoms with van der Waals surface area (Å²) in [6.45, 7) is 8.47. The van der Waals surface area contributed by atoms with Gasteiger partial charge in [-0.1, -0.05) is 39.5 Å². The van der Waals surface area contributed by atoms with Gasteiger partial charge in [0.05, 0.1) is 6.04 Å². The van der Waals surface area contributed by atoms with E-state index in [1.54, 1.807) is 0 Å². The lowest BCUT2D eigenvalue weighted by atomic mass is 10.1. The summed E-state index contributed by atoms with van der Waals surface area (Å²) in [5.41, 5.74) is 0. The summed E-state index contributed by atoms with van der Waals surface area (Å²) in [4.78, 5) is 14.3. The van der Waals surface area contributed by atoms with Crippen LogP contribution in [-0.2, 0) is 4.79 Å².